The van der Waals surface area contributed by atoms with Crippen LogP contribution < -0.4 is 15.2 Å². The van der Waals surface area contributed by atoms with Gasteiger partial charge in [0.1, 0.15) is 0 Å². The Bertz CT molecular complexity index is 482. The minimum absolute atomic E-state index is 0.416. The van der Waals surface area contributed by atoms with Crippen molar-refractivity contribution >= 4 is 21.6 Å². The van der Waals surface area contributed by atoms with Gasteiger partial charge in [0.15, 0.2) is 0 Å². The summed E-state index contributed by atoms with van der Waals surface area (Å²) in [5.74, 6) is 0. The van der Waals surface area contributed by atoms with Crippen molar-refractivity contribution in [2.24, 2.45) is 5.14 Å². The molecular weight excluding hydrogens is 262 g/mol. The highest BCUT2D eigenvalue weighted by molar-refractivity contribution is 7.90. The number of anilines is 2. The van der Waals surface area contributed by atoms with Crippen LogP contribution in [0.2, 0.25) is 0 Å². The molecule has 0 atom stereocenters. The first-order chi connectivity index (χ1) is 8.94. The lowest BCUT2D eigenvalue weighted by Crippen LogP contribution is -2.22. The summed E-state index contributed by atoms with van der Waals surface area (Å²) in [5, 5.41) is 8.39. The van der Waals surface area contributed by atoms with Gasteiger partial charge in [0.2, 0.25) is 0 Å². The van der Waals surface area contributed by atoms with Crippen LogP contribution in [-0.2, 0) is 10.2 Å². The Labute approximate surface area is 115 Å². The Morgan fingerprint density at radius 3 is 2.26 bits per heavy atom. The maximum Gasteiger partial charge on any atom is 0.296 e. The van der Waals surface area contributed by atoms with E-state index in [1.54, 1.807) is 18.2 Å². The highest BCUT2D eigenvalue weighted by Crippen LogP contribution is 2.19. The molecule has 0 aromatic heterocycles. The van der Waals surface area contributed by atoms with Gasteiger partial charge in [0.05, 0.1) is 5.69 Å². The fraction of sp³-hybridized carbons (Fsp3) is 0.538. The summed E-state index contributed by atoms with van der Waals surface area (Å²) in [6.45, 7) is 4.31. The number of rotatable bonds is 8. The minimum Gasteiger partial charge on any atom is -0.382 e. The smallest absolute Gasteiger partial charge is 0.296 e. The van der Waals surface area contributed by atoms with E-state index in [2.05, 4.69) is 23.9 Å². The molecule has 1 aromatic rings. The van der Waals surface area contributed by atoms with Gasteiger partial charge in [0.25, 0.3) is 10.2 Å². The molecule has 5 nitrogen and oxygen atoms in total. The van der Waals surface area contributed by atoms with E-state index >= 15 is 0 Å². The van der Waals surface area contributed by atoms with Crippen molar-refractivity contribution in [2.45, 2.75) is 45.6 Å². The van der Waals surface area contributed by atoms with Crippen molar-refractivity contribution in [3.63, 3.8) is 0 Å². The Morgan fingerprint density at radius 2 is 1.74 bits per heavy atom. The predicted molar refractivity (Wildman–Crippen MR) is 80.4 cm³/mol. The Balaban J connectivity index is 2.75. The van der Waals surface area contributed by atoms with Gasteiger partial charge in [-0.25, -0.2) is 5.14 Å². The molecule has 0 radical (unpaired) electrons. The lowest BCUT2D eigenvalue weighted by molar-refractivity contribution is 0.586. The molecule has 0 saturated heterocycles. The first kappa shape index (κ1) is 15.8. The third kappa shape index (κ3) is 6.45. The van der Waals surface area contributed by atoms with Gasteiger partial charge in [-0.2, -0.15) is 8.42 Å². The zero-order valence-electron chi connectivity index (χ0n) is 11.5. The zero-order chi connectivity index (χ0) is 14.3. The number of nitrogens with two attached hydrogens (primary N) is 1. The van der Waals surface area contributed by atoms with Gasteiger partial charge < -0.3 is 5.32 Å². The van der Waals surface area contributed by atoms with Crippen molar-refractivity contribution < 1.29 is 8.42 Å². The predicted octanol–water partition coefficient (Wildman–Crippen LogP) is 2.68. The van der Waals surface area contributed by atoms with E-state index in [4.69, 9.17) is 5.14 Å². The molecule has 0 aliphatic heterocycles. The van der Waals surface area contributed by atoms with Gasteiger partial charge in [-0.1, -0.05) is 32.8 Å². The van der Waals surface area contributed by atoms with Crippen molar-refractivity contribution in [1.82, 2.24) is 0 Å². The second kappa shape index (κ2) is 7.35. The molecule has 1 rings (SSSR count). The van der Waals surface area contributed by atoms with Crippen LogP contribution in [0.1, 0.15) is 39.5 Å². The summed E-state index contributed by atoms with van der Waals surface area (Å²) in [4.78, 5) is 0. The number of hydrogen-bond donors (Lipinski definition) is 3. The van der Waals surface area contributed by atoms with Crippen LogP contribution in [0.3, 0.4) is 0 Å². The average molecular weight is 285 g/mol. The second-order valence-electron chi connectivity index (χ2n) is 4.65. The Morgan fingerprint density at radius 1 is 1.16 bits per heavy atom. The highest BCUT2D eigenvalue weighted by Gasteiger charge is 2.07. The monoisotopic (exact) mass is 285 g/mol. The first-order valence-corrected chi connectivity index (χ1v) is 8.16. The van der Waals surface area contributed by atoms with E-state index in [0.29, 0.717) is 11.7 Å². The van der Waals surface area contributed by atoms with E-state index in [1.807, 2.05) is 6.07 Å². The summed E-state index contributed by atoms with van der Waals surface area (Å²) in [6, 6.07) is 7.56. The lowest BCUT2D eigenvalue weighted by Gasteiger charge is -2.19. The normalized spacial score (nSPS) is 11.6. The maximum atomic E-state index is 11.0. The summed E-state index contributed by atoms with van der Waals surface area (Å²) in [7, 11) is -3.72. The molecule has 0 heterocycles. The Hall–Kier alpha value is -1.27. The summed E-state index contributed by atoms with van der Waals surface area (Å²) < 4.78 is 24.2. The molecule has 108 valence electrons. The van der Waals surface area contributed by atoms with Crippen LogP contribution >= 0.6 is 0 Å². The lowest BCUT2D eigenvalue weighted by atomic mass is 10.1. The van der Waals surface area contributed by atoms with Gasteiger partial charge in [0, 0.05) is 11.7 Å². The third-order valence-corrected chi connectivity index (χ3v) is 3.29. The van der Waals surface area contributed by atoms with Crippen LogP contribution in [0.4, 0.5) is 11.4 Å². The first-order valence-electron chi connectivity index (χ1n) is 6.61. The van der Waals surface area contributed by atoms with Crippen LogP contribution in [0.5, 0.6) is 0 Å². The van der Waals surface area contributed by atoms with E-state index < -0.39 is 10.2 Å². The van der Waals surface area contributed by atoms with E-state index in [9.17, 15) is 8.42 Å². The number of hydrogen-bond acceptors (Lipinski definition) is 3. The van der Waals surface area contributed by atoms with Crippen molar-refractivity contribution in [3.8, 4) is 0 Å². The van der Waals surface area contributed by atoms with Crippen LogP contribution in [0, 0.1) is 0 Å². The highest BCUT2D eigenvalue weighted by atomic mass is 32.2. The number of benzene rings is 1. The summed E-state index contributed by atoms with van der Waals surface area (Å²) >= 11 is 0. The molecule has 19 heavy (non-hydrogen) atoms. The number of nitrogens with one attached hydrogen (secondary N) is 2. The molecule has 0 amide bonds. The topological polar surface area (TPSA) is 84.2 Å². The molecule has 0 unspecified atom stereocenters. The molecule has 0 fully saturated rings. The molecule has 0 saturated carbocycles. The molecule has 0 spiro atoms. The molecule has 0 aliphatic rings. The van der Waals surface area contributed by atoms with Crippen LogP contribution in [0.15, 0.2) is 24.3 Å². The second-order valence-corrected chi connectivity index (χ2v) is 5.94. The van der Waals surface area contributed by atoms with Gasteiger partial charge >= 0.3 is 0 Å². The average Bonchev–Trinajstić information content (AvgIpc) is 2.27. The fourth-order valence-electron chi connectivity index (χ4n) is 2.06. The molecule has 6 heteroatoms. The van der Waals surface area contributed by atoms with Crippen LogP contribution in [-0.4, -0.2) is 14.5 Å². The largest absolute Gasteiger partial charge is 0.382 e. The fourth-order valence-corrected chi connectivity index (χ4v) is 2.51. The molecule has 0 bridgehead atoms. The third-order valence-electron chi connectivity index (χ3n) is 2.77. The van der Waals surface area contributed by atoms with Gasteiger partial charge in [-0.3, -0.25) is 4.72 Å². The van der Waals surface area contributed by atoms with Crippen LogP contribution in [0.25, 0.3) is 0 Å². The SMILES string of the molecule is CCCC(CCC)Nc1cccc(NS(N)(=O)=O)c1. The standard InChI is InChI=1S/C13H23N3O2S/c1-3-6-11(7-4-2)15-12-8-5-9-13(10-12)16-19(14,17)18/h5,8-11,15-16H,3-4,6-7H2,1-2H3,(H2,14,17,18). The van der Waals surface area contributed by atoms with Crippen molar-refractivity contribution in [1.29, 1.82) is 0 Å². The van der Waals surface area contributed by atoms with E-state index in [1.165, 1.54) is 0 Å². The zero-order valence-corrected chi connectivity index (χ0v) is 12.3. The van der Waals surface area contributed by atoms with Gasteiger partial charge in [-0.05, 0) is 31.0 Å². The van der Waals surface area contributed by atoms with Gasteiger partial charge in [-0.15, -0.1) is 0 Å². The maximum absolute atomic E-state index is 11.0. The quantitative estimate of drug-likeness (QED) is 0.686. The van der Waals surface area contributed by atoms with E-state index in [0.717, 1.165) is 31.4 Å². The molecular formula is C13H23N3O2S. The minimum atomic E-state index is -3.72. The Kier molecular flexibility index (Phi) is 6.11. The summed E-state index contributed by atoms with van der Waals surface area (Å²) in [6.07, 6.45) is 4.43. The molecule has 1 aromatic carbocycles. The molecule has 0 aliphatic carbocycles. The van der Waals surface area contributed by atoms with Crippen molar-refractivity contribution in [3.05, 3.63) is 24.3 Å². The summed E-state index contributed by atoms with van der Waals surface area (Å²) in [5.41, 5.74) is 1.37. The van der Waals surface area contributed by atoms with Crippen molar-refractivity contribution in [2.75, 3.05) is 10.0 Å². The molecule has 4 N–H and O–H groups in total. The van der Waals surface area contributed by atoms with E-state index in [-0.39, 0.29) is 0 Å².